The van der Waals surface area contributed by atoms with Gasteiger partial charge in [0.1, 0.15) is 6.67 Å². The summed E-state index contributed by atoms with van der Waals surface area (Å²) in [5.41, 5.74) is -2.23. The number of hydrogen-bond donors (Lipinski definition) is 1. The molecule has 0 aromatic heterocycles. The van der Waals surface area contributed by atoms with Gasteiger partial charge in [-0.05, 0) is 18.2 Å². The van der Waals surface area contributed by atoms with Crippen molar-refractivity contribution in [2.24, 2.45) is 5.41 Å². The summed E-state index contributed by atoms with van der Waals surface area (Å²) in [6, 6.07) is 3.90. The van der Waals surface area contributed by atoms with Crippen LogP contribution in [0.2, 0.25) is 0 Å². The lowest BCUT2D eigenvalue weighted by atomic mass is 9.69. The molecule has 2 saturated heterocycles. The summed E-state index contributed by atoms with van der Waals surface area (Å²) in [5.74, 6) is -5.99. The summed E-state index contributed by atoms with van der Waals surface area (Å²) in [6.07, 6.45) is 0. The second kappa shape index (κ2) is 5.31. The smallest absolute Gasteiger partial charge is 0.285 e. The highest BCUT2D eigenvalue weighted by Crippen LogP contribution is 2.44. The summed E-state index contributed by atoms with van der Waals surface area (Å²) < 4.78 is 0. The lowest BCUT2D eigenvalue weighted by Crippen LogP contribution is -2.84. The average molecular weight is 384 g/mol. The maximum Gasteiger partial charge on any atom is 0.285 e. The molecule has 3 heterocycles. The summed E-state index contributed by atoms with van der Waals surface area (Å²) >= 11 is 0. The molecule has 1 spiro atoms. The minimum absolute atomic E-state index is 0.0170. The van der Waals surface area contributed by atoms with E-state index in [4.69, 9.17) is 0 Å². The lowest BCUT2D eigenvalue weighted by molar-refractivity contribution is -0.199. The molecule has 7 amide bonds. The summed E-state index contributed by atoms with van der Waals surface area (Å²) in [6.45, 7) is -0.717. The van der Waals surface area contributed by atoms with E-state index < -0.39 is 53.4 Å². The van der Waals surface area contributed by atoms with E-state index in [9.17, 15) is 33.6 Å². The summed E-state index contributed by atoms with van der Waals surface area (Å²) in [7, 11) is 2.56. The first-order valence-electron chi connectivity index (χ1n) is 8.09. The molecule has 28 heavy (non-hydrogen) atoms. The van der Waals surface area contributed by atoms with Gasteiger partial charge in [0.15, 0.2) is 0 Å². The van der Waals surface area contributed by atoms with Crippen LogP contribution in [0.4, 0.5) is 0 Å². The van der Waals surface area contributed by atoms with Crippen LogP contribution in [0.5, 0.6) is 0 Å². The van der Waals surface area contributed by atoms with Crippen molar-refractivity contribution in [3.05, 3.63) is 34.9 Å². The molecule has 3 aliphatic heterocycles. The molecule has 142 valence electrons. The van der Waals surface area contributed by atoms with Gasteiger partial charge < -0.3 is 5.32 Å². The molecule has 0 aliphatic carbocycles. The van der Waals surface area contributed by atoms with E-state index >= 15 is 0 Å². The Morgan fingerprint density at radius 2 is 1.46 bits per heavy atom. The first kappa shape index (κ1) is 17.5. The zero-order valence-electron chi connectivity index (χ0n) is 14.6. The van der Waals surface area contributed by atoms with Crippen molar-refractivity contribution in [1.29, 1.82) is 0 Å². The van der Waals surface area contributed by atoms with Crippen molar-refractivity contribution in [2.45, 2.75) is 0 Å². The second-order valence-corrected chi connectivity index (χ2v) is 6.48. The number of β-lactam (4-membered cyclic amide) rings is 4. The third-order valence-electron chi connectivity index (χ3n) is 5.13. The van der Waals surface area contributed by atoms with E-state index in [1.807, 2.05) is 0 Å². The Hall–Kier alpha value is -3.89. The van der Waals surface area contributed by atoms with Gasteiger partial charge in [-0.25, -0.2) is 0 Å². The van der Waals surface area contributed by atoms with Crippen LogP contribution in [0.3, 0.4) is 0 Å². The number of nitrogens with one attached hydrogen (secondary N) is 1. The Labute approximate surface area is 156 Å². The van der Waals surface area contributed by atoms with Gasteiger partial charge in [-0.1, -0.05) is 0 Å². The number of hydrogen-bond acceptors (Lipinski definition) is 7. The van der Waals surface area contributed by atoms with Crippen LogP contribution in [0.25, 0.3) is 0 Å². The molecule has 0 bridgehead atoms. The van der Waals surface area contributed by atoms with Gasteiger partial charge >= 0.3 is 0 Å². The van der Waals surface area contributed by atoms with Crippen molar-refractivity contribution in [1.82, 2.24) is 20.0 Å². The molecule has 1 N–H and O–H groups in total. The van der Waals surface area contributed by atoms with Gasteiger partial charge in [0.25, 0.3) is 46.8 Å². The van der Waals surface area contributed by atoms with Crippen molar-refractivity contribution in [3.8, 4) is 0 Å². The van der Waals surface area contributed by atoms with Gasteiger partial charge in [-0.2, -0.15) is 0 Å². The third-order valence-corrected chi connectivity index (χ3v) is 5.13. The number of amides is 7. The van der Waals surface area contributed by atoms with E-state index in [0.29, 0.717) is 14.7 Å². The van der Waals surface area contributed by atoms with E-state index in [1.54, 1.807) is 0 Å². The predicted molar refractivity (Wildman–Crippen MR) is 87.3 cm³/mol. The molecular weight excluding hydrogens is 372 g/mol. The monoisotopic (exact) mass is 384 g/mol. The highest BCUT2D eigenvalue weighted by atomic mass is 16.2. The Balaban J connectivity index is 1.58. The van der Waals surface area contributed by atoms with Gasteiger partial charge in [0, 0.05) is 19.7 Å². The second-order valence-electron chi connectivity index (χ2n) is 6.48. The average Bonchev–Trinajstić information content (AvgIpc) is 2.94. The van der Waals surface area contributed by atoms with Crippen LogP contribution >= 0.6 is 0 Å². The van der Waals surface area contributed by atoms with E-state index in [1.165, 1.54) is 25.2 Å². The Morgan fingerprint density at radius 3 is 2.04 bits per heavy atom. The van der Waals surface area contributed by atoms with Crippen molar-refractivity contribution in [2.75, 3.05) is 20.8 Å². The zero-order chi connectivity index (χ0) is 20.5. The fraction of sp³-hybridized carbons (Fsp3) is 0.235. The number of carbonyl (C=O) groups excluding carboxylic acids is 7. The molecule has 3 aliphatic rings. The molecule has 1 aromatic rings. The molecular formula is C17H12N4O7. The lowest BCUT2D eigenvalue weighted by Gasteiger charge is -2.51. The van der Waals surface area contributed by atoms with E-state index in [0.717, 1.165) is 7.05 Å². The Bertz CT molecular complexity index is 1030. The molecule has 1 aromatic carbocycles. The summed E-state index contributed by atoms with van der Waals surface area (Å²) in [4.78, 5) is 87.0. The van der Waals surface area contributed by atoms with E-state index in [-0.39, 0.29) is 16.7 Å². The highest BCUT2D eigenvalue weighted by Gasteiger charge is 2.79. The molecule has 4 rings (SSSR count). The topological polar surface area (TPSA) is 141 Å². The number of rotatable bonds is 3. The molecule has 11 heteroatoms. The van der Waals surface area contributed by atoms with Gasteiger partial charge in [-0.3, -0.25) is 48.3 Å². The van der Waals surface area contributed by atoms with E-state index in [2.05, 4.69) is 5.32 Å². The fourth-order valence-corrected chi connectivity index (χ4v) is 3.51. The maximum atomic E-state index is 12.6. The van der Waals surface area contributed by atoms with Crippen LogP contribution in [-0.2, 0) is 19.2 Å². The summed E-state index contributed by atoms with van der Waals surface area (Å²) in [5, 5.41) is 2.39. The number of imide groups is 3. The van der Waals surface area contributed by atoms with Crippen LogP contribution in [0, 0.1) is 5.41 Å². The number of fused-ring (bicyclic) bond motifs is 1. The van der Waals surface area contributed by atoms with Crippen LogP contribution in [-0.4, -0.2) is 76.8 Å². The minimum atomic E-state index is -2.36. The normalized spacial score (nSPS) is 19.9. The maximum absolute atomic E-state index is 12.6. The predicted octanol–water partition coefficient (Wildman–Crippen LogP) is -2.05. The largest absolute Gasteiger partial charge is 0.355 e. The standard InChI is InChI=1S/C17H12N4O7/c1-18-10(22)7-3-4-8-9(5-7)12(24)20(11(8)23)6-21-15(27)17(16(21)28)13(25)19(2)14(17)26/h3-5H,6H2,1-2H3,(H,18,22). The molecule has 2 fully saturated rings. The first-order valence-corrected chi connectivity index (χ1v) is 8.09. The molecule has 11 nitrogen and oxygen atoms in total. The molecule has 0 unspecified atom stereocenters. The quantitative estimate of drug-likeness (QED) is 0.359. The molecule has 0 atom stereocenters. The van der Waals surface area contributed by atoms with Crippen LogP contribution in [0.15, 0.2) is 18.2 Å². The van der Waals surface area contributed by atoms with Crippen LogP contribution in [0.1, 0.15) is 31.1 Å². The molecule has 0 radical (unpaired) electrons. The van der Waals surface area contributed by atoms with Gasteiger partial charge in [0.05, 0.1) is 11.1 Å². The number of likely N-dealkylation sites (tertiary alicyclic amines) is 2. The highest BCUT2D eigenvalue weighted by molar-refractivity contribution is 6.52. The minimum Gasteiger partial charge on any atom is -0.355 e. The Kier molecular flexibility index (Phi) is 3.32. The number of nitrogens with zero attached hydrogens (tertiary/aromatic N) is 3. The fourth-order valence-electron chi connectivity index (χ4n) is 3.51. The first-order chi connectivity index (χ1) is 13.2. The van der Waals surface area contributed by atoms with Gasteiger partial charge in [0.2, 0.25) is 0 Å². The zero-order valence-corrected chi connectivity index (χ0v) is 14.6. The number of carbonyl (C=O) groups is 7. The molecule has 0 saturated carbocycles. The van der Waals surface area contributed by atoms with Crippen LogP contribution < -0.4 is 5.32 Å². The van der Waals surface area contributed by atoms with Crippen molar-refractivity contribution in [3.63, 3.8) is 0 Å². The SMILES string of the molecule is CNC(=O)c1ccc2c(c1)C(=O)N(CN1C(=O)C3(C(=O)N(C)C3=O)C1=O)C2=O. The third kappa shape index (κ3) is 1.75. The Morgan fingerprint density at radius 1 is 0.893 bits per heavy atom. The van der Waals surface area contributed by atoms with Crippen molar-refractivity contribution >= 4 is 41.4 Å². The number of benzene rings is 1. The van der Waals surface area contributed by atoms with Crippen molar-refractivity contribution < 1.29 is 33.6 Å². The van der Waals surface area contributed by atoms with Gasteiger partial charge in [-0.15, -0.1) is 0 Å².